The minimum Gasteiger partial charge on any atom is -0.493 e. The summed E-state index contributed by atoms with van der Waals surface area (Å²) < 4.78 is 12.3. The van der Waals surface area contributed by atoms with Crippen LogP contribution >= 0.6 is 0 Å². The van der Waals surface area contributed by atoms with Gasteiger partial charge in [-0.2, -0.15) is 5.10 Å². The molecule has 0 aliphatic heterocycles. The standard InChI is InChI=1S/C15H22N4O2/c1-11(16-9-15-17-10-19(2)18-15)7-12-5-6-13(20-3)14(8-12)21-4/h5-6,8,10-11,16H,7,9H2,1-4H3. The minimum absolute atomic E-state index is 0.312. The summed E-state index contributed by atoms with van der Waals surface area (Å²) in [7, 11) is 5.15. The maximum absolute atomic E-state index is 5.32. The lowest BCUT2D eigenvalue weighted by Gasteiger charge is -2.14. The van der Waals surface area contributed by atoms with Crippen LogP contribution in [-0.4, -0.2) is 35.0 Å². The van der Waals surface area contributed by atoms with E-state index in [2.05, 4.69) is 28.4 Å². The lowest BCUT2D eigenvalue weighted by atomic mass is 10.1. The molecule has 0 radical (unpaired) electrons. The molecule has 0 aliphatic rings. The second kappa shape index (κ2) is 7.08. The van der Waals surface area contributed by atoms with Crippen LogP contribution < -0.4 is 14.8 Å². The first-order valence-corrected chi connectivity index (χ1v) is 6.91. The van der Waals surface area contributed by atoms with E-state index in [9.17, 15) is 0 Å². The maximum Gasteiger partial charge on any atom is 0.164 e. The normalized spacial score (nSPS) is 12.2. The van der Waals surface area contributed by atoms with E-state index in [-0.39, 0.29) is 0 Å². The van der Waals surface area contributed by atoms with E-state index in [1.165, 1.54) is 5.56 Å². The van der Waals surface area contributed by atoms with Gasteiger partial charge in [0.05, 0.1) is 20.8 Å². The molecule has 2 rings (SSSR count). The van der Waals surface area contributed by atoms with Gasteiger partial charge >= 0.3 is 0 Å². The van der Waals surface area contributed by atoms with Crippen LogP contribution in [0.25, 0.3) is 0 Å². The van der Waals surface area contributed by atoms with Crippen molar-refractivity contribution in [1.29, 1.82) is 0 Å². The molecule has 1 unspecified atom stereocenters. The van der Waals surface area contributed by atoms with Crippen molar-refractivity contribution < 1.29 is 9.47 Å². The van der Waals surface area contributed by atoms with Crippen molar-refractivity contribution in [3.8, 4) is 11.5 Å². The van der Waals surface area contributed by atoms with Gasteiger partial charge in [-0.3, -0.25) is 4.68 Å². The van der Waals surface area contributed by atoms with Crippen molar-refractivity contribution in [3.63, 3.8) is 0 Å². The van der Waals surface area contributed by atoms with Crippen LogP contribution in [0.3, 0.4) is 0 Å². The highest BCUT2D eigenvalue weighted by atomic mass is 16.5. The van der Waals surface area contributed by atoms with Crippen molar-refractivity contribution in [2.75, 3.05) is 14.2 Å². The molecule has 6 nitrogen and oxygen atoms in total. The zero-order valence-corrected chi connectivity index (χ0v) is 13.0. The number of nitrogens with one attached hydrogen (secondary N) is 1. The predicted octanol–water partition coefficient (Wildman–Crippen LogP) is 1.55. The first-order chi connectivity index (χ1) is 10.1. The van der Waals surface area contributed by atoms with Crippen molar-refractivity contribution in [2.45, 2.75) is 25.9 Å². The summed E-state index contributed by atoms with van der Waals surface area (Å²) >= 11 is 0. The van der Waals surface area contributed by atoms with E-state index in [0.29, 0.717) is 12.6 Å². The largest absolute Gasteiger partial charge is 0.493 e. The van der Waals surface area contributed by atoms with E-state index in [0.717, 1.165) is 23.7 Å². The van der Waals surface area contributed by atoms with Crippen LogP contribution in [0.2, 0.25) is 0 Å². The fourth-order valence-electron chi connectivity index (χ4n) is 2.16. The fraction of sp³-hybridized carbons (Fsp3) is 0.467. The molecular formula is C15H22N4O2. The molecule has 1 aromatic heterocycles. The third-order valence-corrected chi connectivity index (χ3v) is 3.25. The average Bonchev–Trinajstić information content (AvgIpc) is 2.90. The molecule has 0 spiro atoms. The van der Waals surface area contributed by atoms with Gasteiger partial charge in [0.15, 0.2) is 17.3 Å². The summed E-state index contributed by atoms with van der Waals surface area (Å²) in [6.45, 7) is 2.80. The summed E-state index contributed by atoms with van der Waals surface area (Å²) in [6.07, 6.45) is 2.60. The topological polar surface area (TPSA) is 61.2 Å². The van der Waals surface area contributed by atoms with Crippen molar-refractivity contribution in [1.82, 2.24) is 20.1 Å². The Labute approximate surface area is 125 Å². The highest BCUT2D eigenvalue weighted by Crippen LogP contribution is 2.27. The Morgan fingerprint density at radius 2 is 2.00 bits per heavy atom. The monoisotopic (exact) mass is 290 g/mol. The van der Waals surface area contributed by atoms with Crippen molar-refractivity contribution in [2.24, 2.45) is 7.05 Å². The number of hydrogen-bond donors (Lipinski definition) is 1. The third-order valence-electron chi connectivity index (χ3n) is 3.25. The number of ether oxygens (including phenoxy) is 2. The van der Waals surface area contributed by atoms with Gasteiger partial charge in [0, 0.05) is 13.1 Å². The molecule has 114 valence electrons. The number of nitrogens with zero attached hydrogens (tertiary/aromatic N) is 3. The molecule has 0 bridgehead atoms. The number of hydrogen-bond acceptors (Lipinski definition) is 5. The quantitative estimate of drug-likeness (QED) is 0.838. The highest BCUT2D eigenvalue weighted by Gasteiger charge is 2.09. The van der Waals surface area contributed by atoms with Crippen LogP contribution in [0.5, 0.6) is 11.5 Å². The van der Waals surface area contributed by atoms with Gasteiger partial charge in [-0.25, -0.2) is 4.98 Å². The second-order valence-corrected chi connectivity index (χ2v) is 5.01. The molecule has 1 atom stereocenters. The van der Waals surface area contributed by atoms with Gasteiger partial charge in [0.25, 0.3) is 0 Å². The summed E-state index contributed by atoms with van der Waals surface area (Å²) in [5.74, 6) is 2.31. The van der Waals surface area contributed by atoms with Gasteiger partial charge in [-0.15, -0.1) is 0 Å². The molecule has 0 fully saturated rings. The Balaban J connectivity index is 1.91. The molecule has 0 saturated heterocycles. The first kappa shape index (κ1) is 15.3. The smallest absolute Gasteiger partial charge is 0.164 e. The molecule has 1 heterocycles. The Kier molecular flexibility index (Phi) is 5.16. The number of aromatic nitrogens is 3. The maximum atomic E-state index is 5.32. The van der Waals surface area contributed by atoms with Crippen LogP contribution in [0.1, 0.15) is 18.3 Å². The Hall–Kier alpha value is -2.08. The SMILES string of the molecule is COc1ccc(CC(C)NCc2ncn(C)n2)cc1OC. The van der Waals surface area contributed by atoms with E-state index in [4.69, 9.17) is 9.47 Å². The fourth-order valence-corrected chi connectivity index (χ4v) is 2.16. The number of rotatable bonds is 7. The summed E-state index contributed by atoms with van der Waals surface area (Å²) in [4.78, 5) is 4.20. The average molecular weight is 290 g/mol. The molecule has 0 aliphatic carbocycles. The Morgan fingerprint density at radius 3 is 2.62 bits per heavy atom. The van der Waals surface area contributed by atoms with E-state index >= 15 is 0 Å². The van der Waals surface area contributed by atoms with Gasteiger partial charge in [0.2, 0.25) is 0 Å². The summed E-state index contributed by atoms with van der Waals surface area (Å²) in [5, 5.41) is 7.66. The molecule has 6 heteroatoms. The highest BCUT2D eigenvalue weighted by molar-refractivity contribution is 5.43. The van der Waals surface area contributed by atoms with Crippen molar-refractivity contribution >= 4 is 0 Å². The molecule has 21 heavy (non-hydrogen) atoms. The van der Waals surface area contributed by atoms with Crippen LogP contribution in [0.15, 0.2) is 24.5 Å². The van der Waals surface area contributed by atoms with Crippen LogP contribution in [0, 0.1) is 0 Å². The number of aryl methyl sites for hydroxylation is 1. The lowest BCUT2D eigenvalue weighted by Crippen LogP contribution is -2.28. The molecule has 0 amide bonds. The Morgan fingerprint density at radius 1 is 1.24 bits per heavy atom. The molecular weight excluding hydrogens is 268 g/mol. The van der Waals surface area contributed by atoms with E-state index in [1.807, 2.05) is 19.2 Å². The van der Waals surface area contributed by atoms with Gasteiger partial charge in [-0.05, 0) is 31.0 Å². The van der Waals surface area contributed by atoms with Crippen LogP contribution in [-0.2, 0) is 20.0 Å². The zero-order valence-electron chi connectivity index (χ0n) is 13.0. The second-order valence-electron chi connectivity index (χ2n) is 5.01. The number of benzene rings is 1. The van der Waals surface area contributed by atoms with E-state index < -0.39 is 0 Å². The molecule has 0 saturated carbocycles. The third kappa shape index (κ3) is 4.19. The summed E-state index contributed by atoms with van der Waals surface area (Å²) in [6, 6.07) is 6.31. The van der Waals surface area contributed by atoms with Gasteiger partial charge < -0.3 is 14.8 Å². The minimum atomic E-state index is 0.312. The summed E-state index contributed by atoms with van der Waals surface area (Å²) in [5.41, 5.74) is 1.20. The molecule has 1 aromatic carbocycles. The van der Waals surface area contributed by atoms with E-state index in [1.54, 1.807) is 25.2 Å². The van der Waals surface area contributed by atoms with Gasteiger partial charge in [-0.1, -0.05) is 6.07 Å². The first-order valence-electron chi connectivity index (χ1n) is 6.91. The lowest BCUT2D eigenvalue weighted by molar-refractivity contribution is 0.354. The van der Waals surface area contributed by atoms with Crippen molar-refractivity contribution in [3.05, 3.63) is 35.9 Å². The molecule has 1 N–H and O–H groups in total. The number of methoxy groups -OCH3 is 2. The van der Waals surface area contributed by atoms with Gasteiger partial charge in [0.1, 0.15) is 6.33 Å². The molecule has 2 aromatic rings. The Bertz CT molecular complexity index is 583. The predicted molar refractivity (Wildman–Crippen MR) is 80.6 cm³/mol. The zero-order chi connectivity index (χ0) is 15.2. The van der Waals surface area contributed by atoms with Crippen LogP contribution in [0.4, 0.5) is 0 Å².